The van der Waals surface area contributed by atoms with Crippen LogP contribution in [-0.2, 0) is 49.6 Å². The molecule has 0 radical (unpaired) electrons. The molecule has 0 saturated heterocycles. The smallest absolute Gasteiger partial charge is 0.426 e. The van der Waals surface area contributed by atoms with Crippen LogP contribution in [0.4, 0.5) is 16.4 Å². The zero-order valence-electron chi connectivity index (χ0n) is 40.9. The van der Waals surface area contributed by atoms with Crippen LogP contribution in [0, 0.1) is 17.8 Å². The third kappa shape index (κ3) is 22.3. The average Bonchev–Trinajstić information content (AvgIpc) is 3.34. The molecule has 2 heterocycles. The lowest BCUT2D eigenvalue weighted by Gasteiger charge is -2.23. The topological polar surface area (TPSA) is 475 Å². The number of aliphatic carboxylic acids is 3. The van der Waals surface area contributed by atoms with Crippen LogP contribution in [0.1, 0.15) is 81.8 Å². The minimum absolute atomic E-state index is 0.00898. The Bertz CT molecular complexity index is 2630. The second kappa shape index (κ2) is 30.8. The van der Waals surface area contributed by atoms with Crippen molar-refractivity contribution in [2.75, 3.05) is 35.7 Å². The summed E-state index contributed by atoms with van der Waals surface area (Å²) in [5.41, 5.74) is 21.1. The van der Waals surface area contributed by atoms with E-state index in [0.717, 1.165) is 21.6 Å². The second-order valence-electron chi connectivity index (χ2n) is 16.8. The van der Waals surface area contributed by atoms with Gasteiger partial charge in [-0.1, -0.05) is 35.4 Å². The first-order valence-corrected chi connectivity index (χ1v) is 25.4. The molecule has 0 aliphatic rings. The van der Waals surface area contributed by atoms with Gasteiger partial charge in [-0.3, -0.25) is 58.6 Å². The van der Waals surface area contributed by atoms with Crippen molar-refractivity contribution in [3.8, 4) is 0 Å². The van der Waals surface area contributed by atoms with Crippen molar-refractivity contribution in [1.82, 2.24) is 46.7 Å². The lowest BCUT2D eigenvalue weighted by Crippen LogP contribution is -2.47. The molecule has 0 aliphatic heterocycles. The minimum atomic E-state index is -1.71. The number of carboxylic acid groups (broad SMARTS) is 3. The van der Waals surface area contributed by atoms with Gasteiger partial charge in [0, 0.05) is 60.4 Å². The lowest BCUT2D eigenvalue weighted by atomic mass is 9.92. The predicted octanol–water partition coefficient (Wildman–Crippen LogP) is -0.581. The summed E-state index contributed by atoms with van der Waals surface area (Å²) in [5, 5.41) is 39.5. The van der Waals surface area contributed by atoms with Crippen molar-refractivity contribution in [3.63, 3.8) is 0 Å². The lowest BCUT2D eigenvalue weighted by molar-refractivity contribution is -0.144. The maximum absolute atomic E-state index is 13.7. The number of aliphatic imine (C=N–C) groups is 1. The number of benzene rings is 1. The average molecular weight is 1090 g/mol. The Labute approximate surface area is 435 Å². The molecule has 0 bridgehead atoms. The summed E-state index contributed by atoms with van der Waals surface area (Å²) in [7, 11) is 2.14. The van der Waals surface area contributed by atoms with Gasteiger partial charge in [0.05, 0.1) is 42.9 Å². The Balaban J connectivity index is 1.55. The van der Waals surface area contributed by atoms with E-state index in [0.29, 0.717) is 11.4 Å². The predicted molar refractivity (Wildman–Crippen MR) is 272 cm³/mol. The van der Waals surface area contributed by atoms with Crippen molar-refractivity contribution in [3.05, 3.63) is 52.1 Å². The fraction of sp³-hybridized carbons (Fsp3) is 0.477. The van der Waals surface area contributed by atoms with Gasteiger partial charge in [0.15, 0.2) is 28.7 Å². The molecular formula is C44H60N14O15S2. The van der Waals surface area contributed by atoms with Gasteiger partial charge in [-0.25, -0.2) is 25.0 Å². The Morgan fingerprint density at radius 1 is 0.800 bits per heavy atom. The summed E-state index contributed by atoms with van der Waals surface area (Å²) in [4.78, 5) is 157. The summed E-state index contributed by atoms with van der Waals surface area (Å²) in [6.45, 7) is 4.58. The van der Waals surface area contributed by atoms with Gasteiger partial charge in [-0.2, -0.15) is 4.98 Å². The molecule has 408 valence electrons. The van der Waals surface area contributed by atoms with E-state index >= 15 is 0 Å². The highest BCUT2D eigenvalue weighted by Gasteiger charge is 2.33. The Kier molecular flexibility index (Phi) is 25.2. The molecule has 5 atom stereocenters. The molecule has 3 aromatic rings. The first-order chi connectivity index (χ1) is 35.4. The highest BCUT2D eigenvalue weighted by Crippen LogP contribution is 2.26. The number of hydrogen-bond acceptors (Lipinski definition) is 20. The molecule has 0 unspecified atom stereocenters. The highest BCUT2D eigenvalue weighted by molar-refractivity contribution is 8.76. The van der Waals surface area contributed by atoms with Crippen LogP contribution < -0.4 is 54.9 Å². The highest BCUT2D eigenvalue weighted by atomic mass is 33.1. The molecule has 29 nitrogen and oxygen atoms in total. The Morgan fingerprint density at radius 2 is 1.49 bits per heavy atom. The number of carboxylic acids is 3. The summed E-state index contributed by atoms with van der Waals surface area (Å²) in [5.74, 6) is -12.1. The summed E-state index contributed by atoms with van der Waals surface area (Å²) < 4.78 is 4.92. The van der Waals surface area contributed by atoms with E-state index < -0.39 is 127 Å². The van der Waals surface area contributed by atoms with Gasteiger partial charge in [0.25, 0.3) is 11.5 Å². The number of carbonyl (C=O) groups excluding carboxylic acids is 7. The Hall–Kier alpha value is -8.09. The van der Waals surface area contributed by atoms with Crippen molar-refractivity contribution in [2.45, 2.75) is 90.4 Å². The van der Waals surface area contributed by atoms with Crippen LogP contribution >= 0.6 is 21.6 Å². The molecule has 75 heavy (non-hydrogen) atoms. The standard InChI is InChI=1S/C44H60N14O15S2/c1-21(2)36(64)57-58-44(72)73-13-14-74-75-20-25(40(68)69)16-31(60)29(17-33(62)63)54-38(66)24(5-4-12-48-42(45)46)15-30(59)22(3)51-32(61)11-10-28(41(70)71)53-37(65)23-6-8-26(9-7-23)49-18-27-19-50-35-34(52-27)39(67)56-43(47)55-35/h6-9,19,21-22,24-25,28-29,49H,4-5,10-18,20H2,1-3H3,(H,51,61)(H,53,65)(H,54,66)(H,57,64)(H,58,72)(H,62,63)(H,68,69)(H,70,71)(H4,45,46,48)(H3,47,50,55,56,67)/t22-,24+,25-,28-,29-/m0/s1. The number of hydrogen-bond donors (Lipinski definition) is 13. The number of ether oxygens (including phenoxy) is 1. The number of guanidine groups is 1. The van der Waals surface area contributed by atoms with E-state index in [9.17, 15) is 68.1 Å². The molecule has 3 rings (SSSR count). The first kappa shape index (κ1) is 61.2. The normalized spacial score (nSPS) is 12.9. The Morgan fingerprint density at radius 3 is 2.13 bits per heavy atom. The summed E-state index contributed by atoms with van der Waals surface area (Å²) >= 11 is 0. The zero-order valence-corrected chi connectivity index (χ0v) is 42.5. The molecule has 16 N–H and O–H groups in total. The van der Waals surface area contributed by atoms with E-state index in [2.05, 4.69) is 57.0 Å². The number of hydrazine groups is 1. The number of H-pyrrole nitrogens is 1. The van der Waals surface area contributed by atoms with Crippen LogP contribution in [0.25, 0.3) is 11.2 Å². The number of aromatic nitrogens is 4. The van der Waals surface area contributed by atoms with Gasteiger partial charge < -0.3 is 58.5 Å². The number of carbonyl (C=O) groups is 10. The molecular weight excluding hydrogens is 1030 g/mol. The van der Waals surface area contributed by atoms with Gasteiger partial charge in [-0.05, 0) is 50.5 Å². The number of nitrogens with two attached hydrogens (primary N) is 3. The number of anilines is 2. The van der Waals surface area contributed by atoms with E-state index in [1.54, 1.807) is 26.0 Å². The van der Waals surface area contributed by atoms with E-state index in [-0.39, 0.29) is 78.6 Å². The van der Waals surface area contributed by atoms with E-state index in [4.69, 9.17) is 21.9 Å². The molecule has 31 heteroatoms. The molecule has 2 aromatic heterocycles. The third-order valence-electron chi connectivity index (χ3n) is 10.5. The maximum atomic E-state index is 13.7. The number of nitrogens with zero attached hydrogens (tertiary/aromatic N) is 4. The van der Waals surface area contributed by atoms with E-state index in [1.165, 1.54) is 25.3 Å². The van der Waals surface area contributed by atoms with E-state index in [1.807, 2.05) is 0 Å². The van der Waals surface area contributed by atoms with Crippen LogP contribution in [0.15, 0.2) is 40.2 Å². The zero-order chi connectivity index (χ0) is 55.8. The number of nitrogens with one attached hydrogen (secondary N) is 7. The van der Waals surface area contributed by atoms with Crippen molar-refractivity contribution >= 4 is 110 Å². The van der Waals surface area contributed by atoms with Gasteiger partial charge in [0.1, 0.15) is 12.6 Å². The number of amides is 5. The molecule has 0 fully saturated rings. The SMILES string of the molecule is CC(C)C(=O)NNC(=O)OCCSSC[C@H](CC(=O)[C@H](CC(=O)O)NC(=O)[C@H](CCCN=C(N)N)CC(=O)[C@H](C)NC(=O)CC[C@H](NC(=O)c1ccc(NCc2cnc3nc(N)[nH]c(=O)c3n2)cc1)C(=O)O)C(=O)O. The van der Waals surface area contributed by atoms with Gasteiger partial charge >= 0.3 is 24.0 Å². The molecule has 1 aromatic carbocycles. The van der Waals surface area contributed by atoms with Crippen molar-refractivity contribution in [1.29, 1.82) is 0 Å². The van der Waals surface area contributed by atoms with Crippen LogP contribution in [0.5, 0.6) is 0 Å². The number of rotatable bonds is 32. The van der Waals surface area contributed by atoms with Crippen molar-refractivity contribution < 1.29 is 68.0 Å². The molecule has 0 aliphatic carbocycles. The van der Waals surface area contributed by atoms with Gasteiger partial charge in [0.2, 0.25) is 23.7 Å². The largest absolute Gasteiger partial charge is 0.481 e. The first-order valence-electron chi connectivity index (χ1n) is 22.9. The molecule has 0 saturated carbocycles. The van der Waals surface area contributed by atoms with Gasteiger partial charge in [-0.15, -0.1) is 0 Å². The number of nitrogen functional groups attached to an aromatic ring is 1. The second-order valence-corrected chi connectivity index (χ2v) is 19.4. The monoisotopic (exact) mass is 1090 g/mol. The number of ketones is 2. The summed E-state index contributed by atoms with van der Waals surface area (Å²) in [6.07, 6.45) is -2.46. The molecule has 5 amide bonds. The van der Waals surface area contributed by atoms with Crippen LogP contribution in [0.2, 0.25) is 0 Å². The number of Topliss-reactive ketones (excluding diaryl/α,β-unsaturated/α-hetero) is 2. The minimum Gasteiger partial charge on any atom is -0.481 e. The fourth-order valence-electron chi connectivity index (χ4n) is 6.41. The van der Waals surface area contributed by atoms with Crippen LogP contribution in [-0.4, -0.2) is 143 Å². The number of fused-ring (bicyclic) bond motifs is 1. The molecule has 0 spiro atoms. The van der Waals surface area contributed by atoms with Crippen LogP contribution in [0.3, 0.4) is 0 Å². The number of aromatic amines is 1. The summed E-state index contributed by atoms with van der Waals surface area (Å²) in [6, 6.07) is 1.43. The fourth-order valence-corrected chi connectivity index (χ4v) is 8.54. The maximum Gasteiger partial charge on any atom is 0.426 e. The third-order valence-corrected chi connectivity index (χ3v) is 12.9. The quantitative estimate of drug-likeness (QED) is 0.0122. The van der Waals surface area contributed by atoms with Crippen molar-refractivity contribution in [2.24, 2.45) is 34.2 Å².